The number of carbonyl (C=O) groups is 1. The van der Waals surface area contributed by atoms with Gasteiger partial charge in [0.2, 0.25) is 0 Å². The van der Waals surface area contributed by atoms with E-state index in [1.807, 2.05) is 0 Å². The molecule has 1 aliphatic carbocycles. The minimum Gasteiger partial charge on any atom is -0.480 e. The summed E-state index contributed by atoms with van der Waals surface area (Å²) in [5, 5.41) is 21.0. The van der Waals surface area contributed by atoms with Crippen LogP contribution < -0.4 is 5.32 Å². The van der Waals surface area contributed by atoms with Crippen LogP contribution in [0.15, 0.2) is 0 Å². The van der Waals surface area contributed by atoms with E-state index >= 15 is 0 Å². The first-order valence-corrected chi connectivity index (χ1v) is 5.70. The van der Waals surface area contributed by atoms with Crippen molar-refractivity contribution < 1.29 is 14.9 Å². The number of aliphatic carboxylic acids is 1. The van der Waals surface area contributed by atoms with Crippen LogP contribution in [-0.2, 0) is 4.79 Å². The summed E-state index contributed by atoms with van der Waals surface area (Å²) in [6, 6.07) is 0. The van der Waals surface area contributed by atoms with Crippen LogP contribution in [0.4, 0.5) is 0 Å². The van der Waals surface area contributed by atoms with Gasteiger partial charge in [0.1, 0.15) is 5.54 Å². The predicted molar refractivity (Wildman–Crippen MR) is 60.2 cm³/mol. The SMILES string of the molecule is CNC1(C(=O)O)CCCC1CCCBO. The number of carboxylic acids is 1. The highest BCUT2D eigenvalue weighted by atomic mass is 16.4. The van der Waals surface area contributed by atoms with Gasteiger partial charge in [-0.1, -0.05) is 19.2 Å². The summed E-state index contributed by atoms with van der Waals surface area (Å²) in [5.74, 6) is -0.511. The Labute approximate surface area is 91.3 Å². The maximum Gasteiger partial charge on any atom is 0.324 e. The van der Waals surface area contributed by atoms with Gasteiger partial charge in [-0.05, 0) is 32.2 Å². The van der Waals surface area contributed by atoms with Gasteiger partial charge in [-0.3, -0.25) is 4.79 Å². The van der Waals surface area contributed by atoms with E-state index in [0.717, 1.165) is 38.4 Å². The quantitative estimate of drug-likeness (QED) is 0.440. The van der Waals surface area contributed by atoms with Gasteiger partial charge in [0.15, 0.2) is 0 Å². The first-order valence-electron chi connectivity index (χ1n) is 5.70. The van der Waals surface area contributed by atoms with Crippen LogP contribution in [0.25, 0.3) is 0 Å². The highest BCUT2D eigenvalue weighted by Crippen LogP contribution is 2.38. The second kappa shape index (κ2) is 5.51. The van der Waals surface area contributed by atoms with Gasteiger partial charge in [0, 0.05) is 0 Å². The van der Waals surface area contributed by atoms with Crippen molar-refractivity contribution in [3.05, 3.63) is 0 Å². The maximum atomic E-state index is 11.3. The van der Waals surface area contributed by atoms with Crippen molar-refractivity contribution in [3.8, 4) is 0 Å². The van der Waals surface area contributed by atoms with Crippen molar-refractivity contribution in [2.24, 2.45) is 5.92 Å². The number of carboxylic acid groups (broad SMARTS) is 1. The average Bonchev–Trinajstić information content (AvgIpc) is 2.62. The smallest absolute Gasteiger partial charge is 0.324 e. The summed E-state index contributed by atoms with van der Waals surface area (Å²) in [6.07, 6.45) is 5.28. The fourth-order valence-corrected chi connectivity index (χ4v) is 2.69. The van der Waals surface area contributed by atoms with E-state index in [1.54, 1.807) is 7.05 Å². The molecule has 1 fully saturated rings. The third-order valence-electron chi connectivity index (χ3n) is 3.61. The van der Waals surface area contributed by atoms with Crippen molar-refractivity contribution in [2.75, 3.05) is 7.05 Å². The molecule has 0 aliphatic heterocycles. The minimum atomic E-state index is -0.725. The standard InChI is InChI=1S/C10H20BNO3/c1-12-10(9(13)14)6-2-4-8(10)5-3-7-11-15/h8,11-12,15H,2-7H2,1H3,(H,13,14). The van der Waals surface area contributed by atoms with Gasteiger partial charge in [-0.15, -0.1) is 0 Å². The second-order valence-corrected chi connectivity index (χ2v) is 4.34. The molecule has 0 amide bonds. The molecule has 4 nitrogen and oxygen atoms in total. The van der Waals surface area contributed by atoms with Gasteiger partial charge in [-0.25, -0.2) is 0 Å². The van der Waals surface area contributed by atoms with Gasteiger partial charge < -0.3 is 15.4 Å². The third kappa shape index (κ3) is 2.52. The first kappa shape index (κ1) is 12.5. The summed E-state index contributed by atoms with van der Waals surface area (Å²) in [7, 11) is 1.94. The Morgan fingerprint density at radius 3 is 2.93 bits per heavy atom. The molecule has 0 bridgehead atoms. The van der Waals surface area contributed by atoms with Gasteiger partial charge in [0.05, 0.1) is 0 Å². The lowest BCUT2D eigenvalue weighted by Crippen LogP contribution is -2.53. The van der Waals surface area contributed by atoms with E-state index in [2.05, 4.69) is 5.32 Å². The molecular formula is C10H20BNO3. The molecule has 0 saturated heterocycles. The monoisotopic (exact) mass is 213 g/mol. The molecule has 3 N–H and O–H groups in total. The highest BCUT2D eigenvalue weighted by molar-refractivity contribution is 6.25. The molecule has 0 aromatic heterocycles. The van der Waals surface area contributed by atoms with Crippen LogP contribution >= 0.6 is 0 Å². The van der Waals surface area contributed by atoms with Crippen molar-refractivity contribution in [1.29, 1.82) is 0 Å². The number of likely N-dealkylation sites (N-methyl/N-ethyl adjacent to an activating group) is 1. The minimum absolute atomic E-state index is 0.201. The largest absolute Gasteiger partial charge is 0.480 e. The van der Waals surface area contributed by atoms with Gasteiger partial charge in [-0.2, -0.15) is 0 Å². The molecule has 5 heteroatoms. The van der Waals surface area contributed by atoms with E-state index in [0.29, 0.717) is 0 Å². The van der Waals surface area contributed by atoms with Crippen LogP contribution in [0.3, 0.4) is 0 Å². The highest BCUT2D eigenvalue weighted by Gasteiger charge is 2.47. The molecule has 0 aromatic carbocycles. The molecule has 0 heterocycles. The van der Waals surface area contributed by atoms with E-state index < -0.39 is 11.5 Å². The molecule has 1 rings (SSSR count). The summed E-state index contributed by atoms with van der Waals surface area (Å²) in [6.45, 7) is 0. The normalized spacial score (nSPS) is 30.4. The molecule has 2 atom stereocenters. The molecule has 2 unspecified atom stereocenters. The van der Waals surface area contributed by atoms with Crippen LogP contribution in [0.5, 0.6) is 0 Å². The zero-order chi connectivity index (χ0) is 11.3. The van der Waals surface area contributed by atoms with E-state index in [1.165, 1.54) is 0 Å². The summed E-state index contributed by atoms with van der Waals surface area (Å²) in [4.78, 5) is 11.3. The maximum absolute atomic E-state index is 11.3. The van der Waals surface area contributed by atoms with E-state index in [4.69, 9.17) is 5.02 Å². The van der Waals surface area contributed by atoms with Gasteiger partial charge in [0.25, 0.3) is 7.48 Å². The lowest BCUT2D eigenvalue weighted by molar-refractivity contribution is -0.146. The van der Waals surface area contributed by atoms with Crippen molar-refractivity contribution >= 4 is 13.5 Å². The Morgan fingerprint density at radius 2 is 2.40 bits per heavy atom. The number of hydrogen-bond acceptors (Lipinski definition) is 3. The Kier molecular flexibility index (Phi) is 4.60. The second-order valence-electron chi connectivity index (χ2n) is 4.34. The summed E-state index contributed by atoms with van der Waals surface area (Å²) < 4.78 is 0. The van der Waals surface area contributed by atoms with Gasteiger partial charge >= 0.3 is 5.97 Å². The van der Waals surface area contributed by atoms with Crippen LogP contribution in [0.2, 0.25) is 6.32 Å². The Bertz CT molecular complexity index is 225. The zero-order valence-electron chi connectivity index (χ0n) is 9.33. The van der Waals surface area contributed by atoms with Crippen LogP contribution in [0.1, 0.15) is 32.1 Å². The van der Waals surface area contributed by atoms with Crippen molar-refractivity contribution in [1.82, 2.24) is 5.32 Å². The Hall–Kier alpha value is -0.545. The van der Waals surface area contributed by atoms with E-state index in [-0.39, 0.29) is 13.4 Å². The Morgan fingerprint density at radius 1 is 1.67 bits per heavy atom. The average molecular weight is 213 g/mol. The topological polar surface area (TPSA) is 69.6 Å². The number of hydrogen-bond donors (Lipinski definition) is 3. The fraction of sp³-hybridized carbons (Fsp3) is 0.900. The zero-order valence-corrected chi connectivity index (χ0v) is 9.33. The lowest BCUT2D eigenvalue weighted by atomic mass is 9.81. The molecule has 0 aromatic rings. The first-order chi connectivity index (χ1) is 7.17. The van der Waals surface area contributed by atoms with E-state index in [9.17, 15) is 9.90 Å². The van der Waals surface area contributed by atoms with Crippen molar-refractivity contribution in [2.45, 2.75) is 44.0 Å². The summed E-state index contributed by atoms with van der Waals surface area (Å²) >= 11 is 0. The van der Waals surface area contributed by atoms with Crippen LogP contribution in [0, 0.1) is 5.92 Å². The van der Waals surface area contributed by atoms with Crippen LogP contribution in [-0.4, -0.2) is 36.2 Å². The molecule has 0 spiro atoms. The Balaban J connectivity index is 2.57. The number of nitrogens with one attached hydrogen (secondary N) is 1. The molecule has 86 valence electrons. The predicted octanol–water partition coefficient (Wildman–Crippen LogP) is 0.372. The number of rotatable bonds is 6. The van der Waals surface area contributed by atoms with Crippen molar-refractivity contribution in [3.63, 3.8) is 0 Å². The molecule has 1 saturated carbocycles. The molecule has 15 heavy (non-hydrogen) atoms. The molecule has 1 aliphatic rings. The fourth-order valence-electron chi connectivity index (χ4n) is 2.69. The molecule has 0 radical (unpaired) electrons. The third-order valence-corrected chi connectivity index (χ3v) is 3.61. The lowest BCUT2D eigenvalue weighted by Gasteiger charge is -2.31. The molecular weight excluding hydrogens is 193 g/mol. The summed E-state index contributed by atoms with van der Waals surface area (Å²) in [5.41, 5.74) is -0.713.